The van der Waals surface area contributed by atoms with Gasteiger partial charge >= 0.3 is 0 Å². The maximum Gasteiger partial charge on any atom is 0.255 e. The molecule has 4 heterocycles. The minimum atomic E-state index is -0.188. The Bertz CT molecular complexity index is 824. The third-order valence-electron chi connectivity index (χ3n) is 8.55. The van der Waals surface area contributed by atoms with E-state index in [2.05, 4.69) is 21.8 Å². The highest BCUT2D eigenvalue weighted by Crippen LogP contribution is 2.62. The molecule has 3 saturated heterocycles. The fraction of sp³-hybridized carbons (Fsp3) is 0.708. The van der Waals surface area contributed by atoms with Gasteiger partial charge in [0.25, 0.3) is 5.91 Å². The van der Waals surface area contributed by atoms with Crippen molar-refractivity contribution in [3.63, 3.8) is 0 Å². The van der Waals surface area contributed by atoms with E-state index in [-0.39, 0.29) is 16.7 Å². The van der Waals surface area contributed by atoms with Crippen LogP contribution in [-0.4, -0.2) is 77.8 Å². The summed E-state index contributed by atoms with van der Waals surface area (Å²) in [7, 11) is 2.17. The Morgan fingerprint density at radius 1 is 1.00 bits per heavy atom. The van der Waals surface area contributed by atoms with Gasteiger partial charge < -0.3 is 14.7 Å². The second-order valence-electron chi connectivity index (χ2n) is 10.2. The van der Waals surface area contributed by atoms with Crippen molar-refractivity contribution in [2.75, 3.05) is 46.3 Å². The Kier molecular flexibility index (Phi) is 4.88. The lowest BCUT2D eigenvalue weighted by molar-refractivity contribution is -0.142. The first-order chi connectivity index (χ1) is 14.4. The summed E-state index contributed by atoms with van der Waals surface area (Å²) in [5.74, 6) is 0.954. The summed E-state index contributed by atoms with van der Waals surface area (Å²) in [5.41, 5.74) is 1.64. The Balaban J connectivity index is 1.32. The third-order valence-corrected chi connectivity index (χ3v) is 8.55. The number of carbonyl (C=O) groups is 2. The molecule has 1 aliphatic carbocycles. The van der Waals surface area contributed by atoms with Crippen LogP contribution in [0.1, 0.15) is 54.6 Å². The highest BCUT2D eigenvalue weighted by atomic mass is 16.2. The lowest BCUT2D eigenvalue weighted by atomic mass is 9.65. The molecule has 1 aromatic rings. The molecule has 3 aliphatic heterocycles. The first-order valence-electron chi connectivity index (χ1n) is 11.6. The molecular formula is C24H34N4O2. The second kappa shape index (κ2) is 7.33. The molecular weight excluding hydrogens is 376 g/mol. The van der Waals surface area contributed by atoms with Crippen LogP contribution in [0.5, 0.6) is 0 Å². The molecule has 6 heteroatoms. The molecule has 4 fully saturated rings. The summed E-state index contributed by atoms with van der Waals surface area (Å²) in [6.07, 6.45) is 8.20. The van der Waals surface area contributed by atoms with E-state index < -0.39 is 0 Å². The van der Waals surface area contributed by atoms with Crippen LogP contribution < -0.4 is 0 Å². The summed E-state index contributed by atoms with van der Waals surface area (Å²) in [6, 6.07) is 3.79. The summed E-state index contributed by atoms with van der Waals surface area (Å²) < 4.78 is 0. The third kappa shape index (κ3) is 3.06. The van der Waals surface area contributed by atoms with E-state index in [1.807, 2.05) is 24.0 Å². The fourth-order valence-corrected chi connectivity index (χ4v) is 6.91. The fourth-order valence-electron chi connectivity index (χ4n) is 6.91. The molecule has 1 saturated carbocycles. The van der Waals surface area contributed by atoms with Crippen LogP contribution in [0.25, 0.3) is 0 Å². The Labute approximate surface area is 179 Å². The molecule has 162 valence electrons. The Morgan fingerprint density at radius 3 is 2.40 bits per heavy atom. The second-order valence-corrected chi connectivity index (χ2v) is 10.2. The number of carbonyl (C=O) groups excluding carboxylic acids is 2. The van der Waals surface area contributed by atoms with E-state index in [4.69, 9.17) is 0 Å². The van der Waals surface area contributed by atoms with Gasteiger partial charge in [-0.2, -0.15) is 0 Å². The molecule has 30 heavy (non-hydrogen) atoms. The predicted molar refractivity (Wildman–Crippen MR) is 115 cm³/mol. The summed E-state index contributed by atoms with van der Waals surface area (Å²) >= 11 is 0. The maximum atomic E-state index is 13.6. The van der Waals surface area contributed by atoms with Gasteiger partial charge in [0.2, 0.25) is 5.91 Å². The molecule has 6 nitrogen and oxygen atoms in total. The number of fused-ring (bicyclic) bond motifs is 2. The average molecular weight is 411 g/mol. The first-order valence-corrected chi connectivity index (χ1v) is 11.6. The smallest absolute Gasteiger partial charge is 0.255 e. The number of hydrogen-bond donors (Lipinski definition) is 0. The molecule has 1 spiro atoms. The van der Waals surface area contributed by atoms with Crippen molar-refractivity contribution >= 4 is 11.8 Å². The van der Waals surface area contributed by atoms with Crippen molar-refractivity contribution < 1.29 is 9.59 Å². The van der Waals surface area contributed by atoms with Crippen molar-refractivity contribution in [3.05, 3.63) is 29.6 Å². The molecule has 1 aromatic heterocycles. The molecule has 0 N–H and O–H groups in total. The van der Waals surface area contributed by atoms with Crippen molar-refractivity contribution in [2.45, 2.75) is 45.4 Å². The van der Waals surface area contributed by atoms with E-state index in [1.54, 1.807) is 6.20 Å². The van der Waals surface area contributed by atoms with Crippen LogP contribution in [0.3, 0.4) is 0 Å². The number of rotatable bonds is 2. The number of pyridine rings is 1. The van der Waals surface area contributed by atoms with Gasteiger partial charge in [-0.15, -0.1) is 0 Å². The van der Waals surface area contributed by atoms with Gasteiger partial charge in [-0.1, -0.05) is 0 Å². The molecule has 5 rings (SSSR count). The number of nitrogens with zero attached hydrogens (tertiary/aromatic N) is 4. The lowest BCUT2D eigenvalue weighted by Gasteiger charge is -2.45. The zero-order valence-electron chi connectivity index (χ0n) is 18.4. The van der Waals surface area contributed by atoms with Crippen molar-refractivity contribution in [2.24, 2.45) is 16.7 Å². The summed E-state index contributed by atoms with van der Waals surface area (Å²) in [6.45, 7) is 7.34. The minimum Gasteiger partial charge on any atom is -0.342 e. The topological polar surface area (TPSA) is 56.8 Å². The van der Waals surface area contributed by atoms with Gasteiger partial charge in [-0.3, -0.25) is 14.6 Å². The summed E-state index contributed by atoms with van der Waals surface area (Å²) in [4.78, 5) is 37.4. The van der Waals surface area contributed by atoms with E-state index >= 15 is 0 Å². The number of likely N-dealkylation sites (tertiary alicyclic amines) is 3. The highest BCUT2D eigenvalue weighted by molar-refractivity contribution is 5.94. The van der Waals surface area contributed by atoms with E-state index in [1.165, 1.54) is 0 Å². The molecule has 2 atom stereocenters. The molecule has 0 aromatic carbocycles. The van der Waals surface area contributed by atoms with Gasteiger partial charge in [-0.05, 0) is 76.0 Å². The van der Waals surface area contributed by atoms with Crippen molar-refractivity contribution in [1.82, 2.24) is 19.7 Å². The van der Waals surface area contributed by atoms with Gasteiger partial charge in [0.15, 0.2) is 0 Å². The van der Waals surface area contributed by atoms with Crippen LogP contribution in [0.15, 0.2) is 18.3 Å². The SMILES string of the molecule is Cc1ccc(C(=O)N2CCC3(CC2)CC[C@@]2(C(=O)N4CCCC4)CN(C)C[C@@H]32)cn1. The molecule has 0 radical (unpaired) electrons. The van der Waals surface area contributed by atoms with E-state index in [9.17, 15) is 9.59 Å². The lowest BCUT2D eigenvalue weighted by Crippen LogP contribution is -2.50. The van der Waals surface area contributed by atoms with Crippen molar-refractivity contribution in [1.29, 1.82) is 0 Å². The quantitative estimate of drug-likeness (QED) is 0.752. The minimum absolute atomic E-state index is 0.0956. The maximum absolute atomic E-state index is 13.6. The van der Waals surface area contributed by atoms with Gasteiger partial charge in [-0.25, -0.2) is 0 Å². The number of amides is 2. The Morgan fingerprint density at radius 2 is 1.73 bits per heavy atom. The number of aryl methyl sites for hydroxylation is 1. The monoisotopic (exact) mass is 410 g/mol. The Hall–Kier alpha value is -1.95. The first kappa shape index (κ1) is 20.0. The zero-order chi connectivity index (χ0) is 20.9. The van der Waals surface area contributed by atoms with E-state index in [0.717, 1.165) is 83.5 Å². The van der Waals surface area contributed by atoms with Crippen LogP contribution in [-0.2, 0) is 4.79 Å². The zero-order valence-corrected chi connectivity index (χ0v) is 18.4. The van der Waals surface area contributed by atoms with Crippen molar-refractivity contribution in [3.8, 4) is 0 Å². The van der Waals surface area contributed by atoms with Crippen LogP contribution in [0.2, 0.25) is 0 Å². The standard InChI is InChI=1S/C24H34N4O2/c1-18-5-6-19(15-25-18)21(29)27-13-9-23(10-14-27)7-8-24(17-26(2)16-20(23)24)22(30)28-11-3-4-12-28/h5-6,15,20H,3-4,7-14,16-17H2,1-2H3/t20-,24+/m0/s1. The number of hydrogen-bond acceptors (Lipinski definition) is 4. The van der Waals surface area contributed by atoms with Gasteiger partial charge in [0, 0.05) is 51.2 Å². The largest absolute Gasteiger partial charge is 0.342 e. The molecule has 2 amide bonds. The normalized spacial score (nSPS) is 30.8. The number of piperidine rings is 1. The molecule has 0 bridgehead atoms. The van der Waals surface area contributed by atoms with Crippen LogP contribution in [0, 0.1) is 23.7 Å². The van der Waals surface area contributed by atoms with Gasteiger partial charge in [0.1, 0.15) is 0 Å². The predicted octanol–water partition coefficient (Wildman–Crippen LogP) is 2.58. The van der Waals surface area contributed by atoms with E-state index in [0.29, 0.717) is 17.4 Å². The average Bonchev–Trinajstić information content (AvgIpc) is 3.46. The van der Waals surface area contributed by atoms with Gasteiger partial charge in [0.05, 0.1) is 11.0 Å². The summed E-state index contributed by atoms with van der Waals surface area (Å²) in [5, 5.41) is 0. The number of aromatic nitrogens is 1. The van der Waals surface area contributed by atoms with Crippen LogP contribution >= 0.6 is 0 Å². The highest BCUT2D eigenvalue weighted by Gasteiger charge is 2.64. The van der Waals surface area contributed by atoms with Crippen LogP contribution in [0.4, 0.5) is 0 Å². The molecule has 0 unspecified atom stereocenters. The molecule has 4 aliphatic rings.